The zero-order valence-corrected chi connectivity index (χ0v) is 15.5. The number of ether oxygens (including phenoxy) is 1. The lowest BCUT2D eigenvalue weighted by Gasteiger charge is -2.19. The van der Waals surface area contributed by atoms with E-state index >= 15 is 0 Å². The summed E-state index contributed by atoms with van der Waals surface area (Å²) in [6, 6.07) is 27.0. The minimum atomic E-state index is -0.430. The Balaban J connectivity index is 1.66. The van der Waals surface area contributed by atoms with Crippen molar-refractivity contribution in [1.29, 1.82) is 0 Å². The molecule has 0 bridgehead atoms. The normalized spacial score (nSPS) is 15.8. The van der Waals surface area contributed by atoms with Crippen molar-refractivity contribution in [3.63, 3.8) is 0 Å². The first-order chi connectivity index (χ1) is 14.3. The first-order valence-corrected chi connectivity index (χ1v) is 9.41. The fourth-order valence-corrected chi connectivity index (χ4v) is 3.55. The number of hydrogen-bond donors (Lipinski definition) is 0. The van der Waals surface area contributed by atoms with Gasteiger partial charge in [-0.1, -0.05) is 72.5 Å². The van der Waals surface area contributed by atoms with Gasteiger partial charge in [-0.25, -0.2) is 9.69 Å². The molecule has 1 unspecified atom stereocenters. The van der Waals surface area contributed by atoms with Crippen LogP contribution in [-0.2, 0) is 4.74 Å². The van der Waals surface area contributed by atoms with Crippen molar-refractivity contribution in [3.8, 4) is 11.8 Å². The molecule has 1 aromatic heterocycles. The van der Waals surface area contributed by atoms with Crippen LogP contribution in [-0.4, -0.2) is 12.7 Å². The van der Waals surface area contributed by atoms with Gasteiger partial charge in [0, 0.05) is 10.9 Å². The number of nitrogens with zero attached hydrogens (tertiary/aromatic N) is 1. The van der Waals surface area contributed by atoms with E-state index in [2.05, 4.69) is 11.8 Å². The van der Waals surface area contributed by atoms with Crippen LogP contribution in [0, 0.1) is 11.8 Å². The molecule has 1 saturated heterocycles. The lowest BCUT2D eigenvalue weighted by molar-refractivity contribution is 0.178. The number of carbonyl (C=O) groups is 1. The third-order valence-electron chi connectivity index (χ3n) is 4.96. The molecule has 4 heteroatoms. The quantitative estimate of drug-likeness (QED) is 0.430. The van der Waals surface area contributed by atoms with E-state index in [0.29, 0.717) is 17.0 Å². The summed E-state index contributed by atoms with van der Waals surface area (Å²) in [4.78, 5) is 14.2. The second-order valence-corrected chi connectivity index (χ2v) is 6.77. The van der Waals surface area contributed by atoms with Gasteiger partial charge in [-0.2, -0.15) is 0 Å². The highest BCUT2D eigenvalue weighted by molar-refractivity contribution is 5.97. The Hall–Kier alpha value is -3.97. The molecule has 0 radical (unpaired) electrons. The molecule has 0 saturated carbocycles. The minimum Gasteiger partial charge on any atom is -0.446 e. The summed E-state index contributed by atoms with van der Waals surface area (Å²) in [7, 11) is 0. The Kier molecular flexibility index (Phi) is 4.27. The maximum Gasteiger partial charge on any atom is 0.417 e. The van der Waals surface area contributed by atoms with Gasteiger partial charge in [0.2, 0.25) is 5.88 Å². The van der Waals surface area contributed by atoms with Crippen LogP contribution >= 0.6 is 0 Å². The van der Waals surface area contributed by atoms with Crippen LogP contribution < -0.4 is 4.90 Å². The third-order valence-corrected chi connectivity index (χ3v) is 4.96. The lowest BCUT2D eigenvalue weighted by atomic mass is 10.1. The number of amides is 1. The van der Waals surface area contributed by atoms with Crippen LogP contribution in [0.5, 0.6) is 0 Å². The molecule has 1 fully saturated rings. The van der Waals surface area contributed by atoms with Crippen molar-refractivity contribution in [3.05, 3.63) is 102 Å². The first-order valence-electron chi connectivity index (χ1n) is 9.41. The zero-order valence-electron chi connectivity index (χ0n) is 15.5. The van der Waals surface area contributed by atoms with Gasteiger partial charge in [-0.05, 0) is 29.8 Å². The van der Waals surface area contributed by atoms with Crippen molar-refractivity contribution in [1.82, 2.24) is 0 Å². The lowest BCUT2D eigenvalue weighted by Crippen LogP contribution is -2.27. The molecule has 0 aliphatic carbocycles. The first kappa shape index (κ1) is 17.2. The van der Waals surface area contributed by atoms with Crippen LogP contribution in [0.1, 0.15) is 22.7 Å². The van der Waals surface area contributed by atoms with Crippen LogP contribution in [0.2, 0.25) is 0 Å². The monoisotopic (exact) mass is 379 g/mol. The maximum absolute atomic E-state index is 12.7. The van der Waals surface area contributed by atoms with Gasteiger partial charge in [0.15, 0.2) is 0 Å². The van der Waals surface area contributed by atoms with Crippen LogP contribution in [0.3, 0.4) is 0 Å². The highest BCUT2D eigenvalue weighted by Gasteiger charge is 2.39. The van der Waals surface area contributed by atoms with Gasteiger partial charge in [-0.15, -0.1) is 0 Å². The van der Waals surface area contributed by atoms with Gasteiger partial charge in [0.25, 0.3) is 0 Å². The van der Waals surface area contributed by atoms with E-state index < -0.39 is 6.09 Å². The van der Waals surface area contributed by atoms with Gasteiger partial charge in [0.1, 0.15) is 18.2 Å². The van der Waals surface area contributed by atoms with Gasteiger partial charge in [0.05, 0.1) is 5.56 Å². The number of rotatable bonds is 2. The summed E-state index contributed by atoms with van der Waals surface area (Å²) in [5.74, 6) is 6.83. The number of hydrogen-bond acceptors (Lipinski definition) is 3. The van der Waals surface area contributed by atoms with Crippen molar-refractivity contribution < 1.29 is 13.9 Å². The van der Waals surface area contributed by atoms with E-state index in [1.807, 2.05) is 84.9 Å². The summed E-state index contributed by atoms with van der Waals surface area (Å²) in [5.41, 5.74) is 3.25. The highest BCUT2D eigenvalue weighted by Crippen LogP contribution is 2.39. The number of fused-ring (bicyclic) bond motifs is 1. The smallest absolute Gasteiger partial charge is 0.417 e. The fourth-order valence-electron chi connectivity index (χ4n) is 3.55. The Morgan fingerprint density at radius 2 is 1.52 bits per heavy atom. The maximum atomic E-state index is 12.7. The van der Waals surface area contributed by atoms with Gasteiger partial charge >= 0.3 is 6.09 Å². The molecule has 2 heterocycles. The van der Waals surface area contributed by atoms with Gasteiger partial charge < -0.3 is 9.15 Å². The number of benzene rings is 3. The van der Waals surface area contributed by atoms with E-state index in [0.717, 1.165) is 16.5 Å². The Bertz CT molecular complexity index is 1230. The van der Waals surface area contributed by atoms with Crippen LogP contribution in [0.4, 0.5) is 10.7 Å². The molecule has 3 aromatic carbocycles. The molecule has 1 amide bonds. The van der Waals surface area contributed by atoms with Crippen LogP contribution in [0.15, 0.2) is 89.3 Å². The summed E-state index contributed by atoms with van der Waals surface area (Å²) in [5, 5.41) is 0.873. The molecular weight excluding hydrogens is 362 g/mol. The Labute approximate surface area is 168 Å². The summed E-state index contributed by atoms with van der Waals surface area (Å²) in [6.07, 6.45) is -0.430. The molecule has 0 spiro atoms. The highest BCUT2D eigenvalue weighted by atomic mass is 16.6. The minimum absolute atomic E-state index is 0.262. The molecular formula is C25H17NO3. The topological polar surface area (TPSA) is 42.7 Å². The van der Waals surface area contributed by atoms with Crippen molar-refractivity contribution >= 4 is 22.9 Å². The standard InChI is InChI=1S/C25H17NO3/c27-25-26(22(17-28-25)19-11-5-2-6-12-19)24-21(16-15-18-9-3-1-4-10-18)20-13-7-8-14-23(20)29-24/h1-14,22H,17H2. The Morgan fingerprint density at radius 3 is 2.31 bits per heavy atom. The predicted molar refractivity (Wildman–Crippen MR) is 112 cm³/mol. The molecule has 1 aliphatic rings. The fraction of sp³-hybridized carbons (Fsp3) is 0.0800. The van der Waals surface area contributed by atoms with E-state index in [-0.39, 0.29) is 12.6 Å². The molecule has 0 N–H and O–H groups in total. The molecule has 1 atom stereocenters. The van der Waals surface area contributed by atoms with E-state index in [1.54, 1.807) is 4.90 Å². The number of cyclic esters (lactones) is 1. The average molecular weight is 379 g/mol. The molecule has 4 aromatic rings. The molecule has 4 nitrogen and oxygen atoms in total. The number of furan rings is 1. The summed E-state index contributed by atoms with van der Waals surface area (Å²) < 4.78 is 11.5. The largest absolute Gasteiger partial charge is 0.446 e. The second-order valence-electron chi connectivity index (χ2n) is 6.77. The molecule has 1 aliphatic heterocycles. The van der Waals surface area contributed by atoms with Crippen LogP contribution in [0.25, 0.3) is 11.0 Å². The average Bonchev–Trinajstić information content (AvgIpc) is 3.33. The molecule has 5 rings (SSSR count). The van der Waals surface area contributed by atoms with Crippen molar-refractivity contribution in [2.75, 3.05) is 11.5 Å². The second kappa shape index (κ2) is 7.21. The Morgan fingerprint density at radius 1 is 0.828 bits per heavy atom. The van der Waals surface area contributed by atoms with E-state index in [1.165, 1.54) is 0 Å². The molecule has 140 valence electrons. The summed E-state index contributed by atoms with van der Waals surface area (Å²) in [6.45, 7) is 0.269. The van der Waals surface area contributed by atoms with Gasteiger partial charge in [-0.3, -0.25) is 0 Å². The molecule has 29 heavy (non-hydrogen) atoms. The third kappa shape index (κ3) is 3.13. The van der Waals surface area contributed by atoms with Crippen molar-refractivity contribution in [2.45, 2.75) is 6.04 Å². The SMILES string of the molecule is O=C1OCC(c2ccccc2)N1c1oc2ccccc2c1C#Cc1ccccc1. The zero-order chi connectivity index (χ0) is 19.6. The number of anilines is 1. The summed E-state index contributed by atoms with van der Waals surface area (Å²) >= 11 is 0. The van der Waals surface area contributed by atoms with E-state index in [4.69, 9.17) is 9.15 Å². The van der Waals surface area contributed by atoms with E-state index in [9.17, 15) is 4.79 Å². The number of para-hydroxylation sites is 1. The number of carbonyl (C=O) groups excluding carboxylic acids is 1. The predicted octanol–water partition coefficient (Wildman–Crippen LogP) is 5.53. The van der Waals surface area contributed by atoms with Crippen molar-refractivity contribution in [2.24, 2.45) is 0 Å².